The van der Waals surface area contributed by atoms with Crippen molar-refractivity contribution in [2.45, 2.75) is 25.2 Å². The molecule has 8 heteroatoms. The minimum Gasteiger partial charge on any atom is -0.391 e. The van der Waals surface area contributed by atoms with Gasteiger partial charge < -0.3 is 20.8 Å². The first-order valence-corrected chi connectivity index (χ1v) is 5.22. The Morgan fingerprint density at radius 3 is 2.65 bits per heavy atom. The zero-order valence-corrected chi connectivity index (χ0v) is 9.15. The molecule has 2 heterocycles. The highest BCUT2D eigenvalue weighted by Gasteiger charge is 2.28. The van der Waals surface area contributed by atoms with Crippen LogP contribution in [0.3, 0.4) is 0 Å². The Morgan fingerprint density at radius 1 is 1.29 bits per heavy atom. The van der Waals surface area contributed by atoms with E-state index in [9.17, 15) is 19.8 Å². The first kappa shape index (κ1) is 11.7. The van der Waals surface area contributed by atoms with Gasteiger partial charge in [0.2, 0.25) is 0 Å². The molecule has 1 aromatic rings. The third kappa shape index (κ3) is 2.17. The lowest BCUT2D eigenvalue weighted by atomic mass is 10.0. The van der Waals surface area contributed by atoms with E-state index in [0.717, 1.165) is 0 Å². The molecule has 0 radical (unpaired) electrons. The predicted octanol–water partition coefficient (Wildman–Crippen LogP) is -1.99. The van der Waals surface area contributed by atoms with Crippen LogP contribution in [0.5, 0.6) is 0 Å². The van der Waals surface area contributed by atoms with Gasteiger partial charge in [0, 0.05) is 6.54 Å². The molecule has 94 valence electrons. The number of hydrogen-bond acceptors (Lipinski definition) is 6. The number of fused-ring (bicyclic) bond motifs is 1. The van der Waals surface area contributed by atoms with Crippen LogP contribution in [0, 0.1) is 0 Å². The van der Waals surface area contributed by atoms with Gasteiger partial charge in [-0.25, -0.2) is 4.79 Å². The number of aliphatic hydroxyl groups excluding tert-OH is 2. The van der Waals surface area contributed by atoms with E-state index in [1.807, 2.05) is 0 Å². The Labute approximate surface area is 95.7 Å². The maximum Gasteiger partial charge on any atom is 0.327 e. The van der Waals surface area contributed by atoms with E-state index in [1.54, 1.807) is 0 Å². The van der Waals surface area contributed by atoms with Crippen molar-refractivity contribution in [1.29, 1.82) is 0 Å². The molecule has 2 rings (SSSR count). The van der Waals surface area contributed by atoms with Crippen molar-refractivity contribution in [2.75, 3.05) is 17.2 Å². The van der Waals surface area contributed by atoms with Crippen molar-refractivity contribution >= 4 is 11.5 Å². The van der Waals surface area contributed by atoms with Crippen LogP contribution in [-0.4, -0.2) is 45.0 Å². The molecule has 0 saturated carbocycles. The topological polar surface area (TPSA) is 130 Å². The Hall–Kier alpha value is -1.80. The summed E-state index contributed by atoms with van der Waals surface area (Å²) in [4.78, 5) is 27.0. The number of aliphatic hydroxyl groups is 2. The summed E-state index contributed by atoms with van der Waals surface area (Å²) >= 11 is 0. The second-order valence-electron chi connectivity index (χ2n) is 4.02. The molecule has 8 nitrogen and oxygen atoms in total. The van der Waals surface area contributed by atoms with Gasteiger partial charge in [0.15, 0.2) is 0 Å². The molecule has 3 atom stereocenters. The molecule has 0 bridgehead atoms. The standard InChI is InChI=1S/C9H14N4O4/c1-3(14)6(15)4-2-10-7-5(11-4)8(16)13-9(17)12-7/h3-4,6,11,14-15H,2H2,1H3,(H3,10,12,13,16,17)/t3-,4+,6-/m1/s1. The lowest BCUT2D eigenvalue weighted by Gasteiger charge is -2.31. The summed E-state index contributed by atoms with van der Waals surface area (Å²) < 4.78 is 0. The summed E-state index contributed by atoms with van der Waals surface area (Å²) in [7, 11) is 0. The molecule has 1 aromatic heterocycles. The van der Waals surface area contributed by atoms with Crippen molar-refractivity contribution < 1.29 is 10.2 Å². The molecule has 0 amide bonds. The minimum absolute atomic E-state index is 0.153. The molecule has 0 saturated heterocycles. The summed E-state index contributed by atoms with van der Waals surface area (Å²) in [6.45, 7) is 1.75. The first-order chi connectivity index (χ1) is 7.99. The quantitative estimate of drug-likeness (QED) is 0.356. The van der Waals surface area contributed by atoms with Gasteiger partial charge in [0.1, 0.15) is 17.6 Å². The Balaban J connectivity index is 2.31. The van der Waals surface area contributed by atoms with Gasteiger partial charge >= 0.3 is 5.69 Å². The summed E-state index contributed by atoms with van der Waals surface area (Å²) in [5.74, 6) is 0.285. The summed E-state index contributed by atoms with van der Waals surface area (Å²) in [6.07, 6.45) is -1.93. The average molecular weight is 242 g/mol. The van der Waals surface area contributed by atoms with Crippen LogP contribution >= 0.6 is 0 Å². The van der Waals surface area contributed by atoms with Gasteiger partial charge in [-0.2, -0.15) is 0 Å². The minimum atomic E-state index is -1.01. The van der Waals surface area contributed by atoms with E-state index in [-0.39, 0.29) is 11.5 Å². The van der Waals surface area contributed by atoms with Crippen molar-refractivity contribution in [1.82, 2.24) is 9.97 Å². The Morgan fingerprint density at radius 2 is 2.00 bits per heavy atom. The third-order valence-corrected chi connectivity index (χ3v) is 2.68. The summed E-state index contributed by atoms with van der Waals surface area (Å²) in [5.41, 5.74) is -1.02. The Bertz CT molecular complexity index is 520. The molecule has 0 fully saturated rings. The van der Waals surface area contributed by atoms with Crippen molar-refractivity contribution in [2.24, 2.45) is 0 Å². The van der Waals surface area contributed by atoms with Crippen LogP contribution in [0.15, 0.2) is 9.59 Å². The number of aromatic nitrogens is 2. The third-order valence-electron chi connectivity index (χ3n) is 2.68. The van der Waals surface area contributed by atoms with Crippen LogP contribution in [0.25, 0.3) is 0 Å². The molecular formula is C9H14N4O4. The van der Waals surface area contributed by atoms with Gasteiger partial charge in [0.25, 0.3) is 5.56 Å². The molecule has 1 aliphatic heterocycles. The molecule has 6 N–H and O–H groups in total. The van der Waals surface area contributed by atoms with Gasteiger partial charge in [0.05, 0.1) is 12.1 Å². The highest BCUT2D eigenvalue weighted by molar-refractivity contribution is 5.65. The number of hydrogen-bond donors (Lipinski definition) is 6. The van der Waals surface area contributed by atoms with E-state index in [4.69, 9.17) is 0 Å². The van der Waals surface area contributed by atoms with Crippen LogP contribution in [0.1, 0.15) is 6.92 Å². The molecule has 0 spiro atoms. The van der Waals surface area contributed by atoms with Crippen molar-refractivity contribution in [3.8, 4) is 0 Å². The van der Waals surface area contributed by atoms with Crippen LogP contribution in [-0.2, 0) is 0 Å². The second kappa shape index (κ2) is 4.22. The molecule has 0 unspecified atom stereocenters. The fourth-order valence-corrected chi connectivity index (χ4v) is 1.75. The molecule has 0 aromatic carbocycles. The lowest BCUT2D eigenvalue weighted by Crippen LogP contribution is -2.49. The summed E-state index contributed by atoms with van der Waals surface area (Å²) in [6, 6.07) is -0.505. The highest BCUT2D eigenvalue weighted by Crippen LogP contribution is 2.19. The molecule has 17 heavy (non-hydrogen) atoms. The fourth-order valence-electron chi connectivity index (χ4n) is 1.75. The largest absolute Gasteiger partial charge is 0.391 e. The normalized spacial score (nSPS) is 21.9. The fraction of sp³-hybridized carbons (Fsp3) is 0.556. The smallest absolute Gasteiger partial charge is 0.327 e. The number of nitrogens with one attached hydrogen (secondary N) is 4. The SMILES string of the molecule is C[C@@H](O)[C@@H](O)[C@@H]1CNc2[nH]c(=O)[nH]c(=O)c2N1. The average Bonchev–Trinajstić information content (AvgIpc) is 2.27. The number of rotatable bonds is 2. The van der Waals surface area contributed by atoms with E-state index >= 15 is 0 Å². The number of H-pyrrole nitrogens is 2. The van der Waals surface area contributed by atoms with Crippen LogP contribution < -0.4 is 21.9 Å². The van der Waals surface area contributed by atoms with Gasteiger partial charge in [-0.1, -0.05) is 0 Å². The van der Waals surface area contributed by atoms with Gasteiger partial charge in [-0.15, -0.1) is 0 Å². The zero-order valence-electron chi connectivity index (χ0n) is 9.15. The highest BCUT2D eigenvalue weighted by atomic mass is 16.3. The van der Waals surface area contributed by atoms with Gasteiger partial charge in [-0.3, -0.25) is 14.8 Å². The van der Waals surface area contributed by atoms with E-state index in [0.29, 0.717) is 6.54 Å². The van der Waals surface area contributed by atoms with E-state index in [1.165, 1.54) is 6.92 Å². The second-order valence-corrected chi connectivity index (χ2v) is 4.02. The first-order valence-electron chi connectivity index (χ1n) is 5.22. The zero-order chi connectivity index (χ0) is 12.6. The van der Waals surface area contributed by atoms with Gasteiger partial charge in [-0.05, 0) is 6.92 Å². The van der Waals surface area contributed by atoms with Crippen LogP contribution in [0.2, 0.25) is 0 Å². The molecule has 0 aliphatic carbocycles. The van der Waals surface area contributed by atoms with Crippen LogP contribution in [0.4, 0.5) is 11.5 Å². The maximum absolute atomic E-state index is 11.5. The van der Waals surface area contributed by atoms with E-state index < -0.39 is 29.5 Å². The molecule has 1 aliphatic rings. The lowest BCUT2D eigenvalue weighted by molar-refractivity contribution is 0.0214. The number of aromatic amines is 2. The monoisotopic (exact) mass is 242 g/mol. The molecular weight excluding hydrogens is 228 g/mol. The van der Waals surface area contributed by atoms with Crippen molar-refractivity contribution in [3.63, 3.8) is 0 Å². The maximum atomic E-state index is 11.5. The Kier molecular flexibility index (Phi) is 2.90. The predicted molar refractivity (Wildman–Crippen MR) is 61.3 cm³/mol. The van der Waals surface area contributed by atoms with E-state index in [2.05, 4.69) is 20.6 Å². The summed E-state index contributed by atoms with van der Waals surface area (Å²) in [5, 5.41) is 24.6. The van der Waals surface area contributed by atoms with Crippen molar-refractivity contribution in [3.05, 3.63) is 20.8 Å². The number of anilines is 2.